The first kappa shape index (κ1) is 17.4. The van der Waals surface area contributed by atoms with Crippen LogP contribution in [0.4, 0.5) is 5.69 Å². The first-order chi connectivity index (χ1) is 11.0. The summed E-state index contributed by atoms with van der Waals surface area (Å²) < 4.78 is 5.34. The molecular formula is C17H25N3O3. The van der Waals surface area contributed by atoms with Crippen molar-refractivity contribution in [2.75, 3.05) is 25.1 Å². The smallest absolute Gasteiger partial charge is 0.251 e. The number of amides is 2. The number of nitrogens with one attached hydrogen (secondary N) is 3. The van der Waals surface area contributed by atoms with Crippen LogP contribution in [0.3, 0.4) is 0 Å². The van der Waals surface area contributed by atoms with E-state index in [0.29, 0.717) is 30.9 Å². The molecule has 1 aliphatic heterocycles. The van der Waals surface area contributed by atoms with Crippen LogP contribution in [-0.4, -0.2) is 43.7 Å². The zero-order valence-electron chi connectivity index (χ0n) is 13.9. The molecule has 0 aromatic heterocycles. The molecule has 2 amide bonds. The molecular weight excluding hydrogens is 294 g/mol. The molecule has 0 bridgehead atoms. The predicted molar refractivity (Wildman–Crippen MR) is 89.6 cm³/mol. The Morgan fingerprint density at radius 3 is 2.83 bits per heavy atom. The Labute approximate surface area is 137 Å². The number of hydrogen-bond acceptors (Lipinski definition) is 4. The summed E-state index contributed by atoms with van der Waals surface area (Å²) in [5.74, 6) is -0.219. The maximum Gasteiger partial charge on any atom is 0.251 e. The number of anilines is 1. The lowest BCUT2D eigenvalue weighted by Gasteiger charge is -2.23. The normalized spacial score (nSPS) is 17.8. The molecule has 1 aromatic carbocycles. The van der Waals surface area contributed by atoms with E-state index in [9.17, 15) is 9.59 Å². The van der Waals surface area contributed by atoms with Crippen LogP contribution in [0.2, 0.25) is 0 Å². The largest absolute Gasteiger partial charge is 0.378 e. The number of benzene rings is 1. The van der Waals surface area contributed by atoms with Gasteiger partial charge >= 0.3 is 0 Å². The van der Waals surface area contributed by atoms with Crippen LogP contribution < -0.4 is 16.0 Å². The molecule has 0 saturated carbocycles. The average molecular weight is 319 g/mol. The summed E-state index contributed by atoms with van der Waals surface area (Å²) in [5, 5.41) is 8.96. The van der Waals surface area contributed by atoms with E-state index in [1.807, 2.05) is 32.9 Å². The van der Waals surface area contributed by atoms with Gasteiger partial charge in [-0.1, -0.05) is 6.07 Å². The van der Waals surface area contributed by atoms with Gasteiger partial charge < -0.3 is 20.7 Å². The highest BCUT2D eigenvalue weighted by molar-refractivity contribution is 5.98. The lowest BCUT2D eigenvalue weighted by Crippen LogP contribution is -2.43. The van der Waals surface area contributed by atoms with Crippen LogP contribution in [0.5, 0.6) is 0 Å². The van der Waals surface area contributed by atoms with E-state index in [4.69, 9.17) is 4.74 Å². The summed E-state index contributed by atoms with van der Waals surface area (Å²) in [6, 6.07) is 5.47. The van der Waals surface area contributed by atoms with Crippen molar-refractivity contribution in [2.45, 2.75) is 39.3 Å². The van der Waals surface area contributed by atoms with Crippen LogP contribution in [0.25, 0.3) is 0 Å². The van der Waals surface area contributed by atoms with Crippen molar-refractivity contribution in [3.05, 3.63) is 29.3 Å². The van der Waals surface area contributed by atoms with E-state index in [1.54, 1.807) is 6.07 Å². The molecule has 1 unspecified atom stereocenters. The third-order valence-electron chi connectivity index (χ3n) is 3.62. The van der Waals surface area contributed by atoms with Crippen LogP contribution in [0, 0.1) is 6.92 Å². The molecule has 0 radical (unpaired) electrons. The van der Waals surface area contributed by atoms with Gasteiger partial charge in [0.1, 0.15) is 0 Å². The molecule has 1 aromatic rings. The van der Waals surface area contributed by atoms with E-state index in [2.05, 4.69) is 16.0 Å². The summed E-state index contributed by atoms with van der Waals surface area (Å²) in [6.45, 7) is 7.70. The van der Waals surface area contributed by atoms with Crippen LogP contribution >= 0.6 is 0 Å². The molecule has 1 fully saturated rings. The molecule has 1 saturated heterocycles. The molecule has 1 atom stereocenters. The highest BCUT2D eigenvalue weighted by Crippen LogP contribution is 2.16. The quantitative estimate of drug-likeness (QED) is 0.767. The molecule has 6 nitrogen and oxygen atoms in total. The number of carbonyl (C=O) groups is 2. The van der Waals surface area contributed by atoms with E-state index in [-0.39, 0.29) is 23.9 Å². The number of carbonyl (C=O) groups excluding carboxylic acids is 2. The Kier molecular flexibility index (Phi) is 6.12. The zero-order valence-corrected chi connectivity index (χ0v) is 13.9. The van der Waals surface area contributed by atoms with Gasteiger partial charge in [-0.2, -0.15) is 0 Å². The van der Waals surface area contributed by atoms with Crippen LogP contribution in [-0.2, 0) is 9.53 Å². The lowest BCUT2D eigenvalue weighted by molar-refractivity contribution is -0.117. The maximum absolute atomic E-state index is 12.2. The molecule has 2 rings (SSSR count). The molecule has 0 spiro atoms. The highest BCUT2D eigenvalue weighted by atomic mass is 16.5. The van der Waals surface area contributed by atoms with Crippen molar-refractivity contribution in [3.63, 3.8) is 0 Å². The SMILES string of the molecule is Cc1ccc(NC(=O)CC2COCCN2)cc1C(=O)NC(C)C. The Bertz CT molecular complexity index is 566. The standard InChI is InChI=1S/C17H25N3O3/c1-11(2)19-17(22)15-8-13(5-4-12(15)3)20-16(21)9-14-10-23-7-6-18-14/h4-5,8,11,14,18H,6-7,9-10H2,1-3H3,(H,19,22)(H,20,21). The monoisotopic (exact) mass is 319 g/mol. The molecule has 1 aliphatic rings. The lowest BCUT2D eigenvalue weighted by atomic mass is 10.1. The summed E-state index contributed by atoms with van der Waals surface area (Å²) in [7, 11) is 0. The number of rotatable bonds is 5. The Balaban J connectivity index is 1.99. The van der Waals surface area contributed by atoms with Gasteiger partial charge in [0.05, 0.1) is 13.2 Å². The first-order valence-corrected chi connectivity index (χ1v) is 7.98. The van der Waals surface area contributed by atoms with Gasteiger partial charge in [-0.3, -0.25) is 9.59 Å². The molecule has 23 heavy (non-hydrogen) atoms. The fraction of sp³-hybridized carbons (Fsp3) is 0.529. The minimum atomic E-state index is -0.129. The fourth-order valence-electron chi connectivity index (χ4n) is 2.47. The summed E-state index contributed by atoms with van der Waals surface area (Å²) in [4.78, 5) is 24.3. The fourth-order valence-corrected chi connectivity index (χ4v) is 2.47. The minimum Gasteiger partial charge on any atom is -0.378 e. The second-order valence-corrected chi connectivity index (χ2v) is 6.14. The Morgan fingerprint density at radius 2 is 2.17 bits per heavy atom. The van der Waals surface area contributed by atoms with Gasteiger partial charge in [0.25, 0.3) is 5.91 Å². The third-order valence-corrected chi connectivity index (χ3v) is 3.62. The third kappa shape index (κ3) is 5.33. The molecule has 0 aliphatic carbocycles. The predicted octanol–water partition coefficient (Wildman–Crippen LogP) is 1.45. The molecule has 126 valence electrons. The molecule has 1 heterocycles. The van der Waals surface area contributed by atoms with E-state index in [1.165, 1.54) is 0 Å². The van der Waals surface area contributed by atoms with Crippen LogP contribution in [0.15, 0.2) is 18.2 Å². The number of hydrogen-bond donors (Lipinski definition) is 3. The van der Waals surface area contributed by atoms with Crippen molar-refractivity contribution < 1.29 is 14.3 Å². The summed E-state index contributed by atoms with van der Waals surface area (Å²) in [6.07, 6.45) is 0.349. The number of morpholine rings is 1. The van der Waals surface area contributed by atoms with E-state index >= 15 is 0 Å². The van der Waals surface area contributed by atoms with E-state index < -0.39 is 0 Å². The maximum atomic E-state index is 12.2. The topological polar surface area (TPSA) is 79.5 Å². The van der Waals surface area contributed by atoms with Gasteiger partial charge in [0.2, 0.25) is 5.91 Å². The number of ether oxygens (including phenoxy) is 1. The van der Waals surface area contributed by atoms with E-state index in [0.717, 1.165) is 12.1 Å². The van der Waals surface area contributed by atoms with Gasteiger partial charge in [0.15, 0.2) is 0 Å². The Hall–Kier alpha value is -1.92. The van der Waals surface area contributed by atoms with Gasteiger partial charge in [0, 0.05) is 36.3 Å². The van der Waals surface area contributed by atoms with Crippen molar-refractivity contribution in [2.24, 2.45) is 0 Å². The van der Waals surface area contributed by atoms with Gasteiger partial charge in [-0.25, -0.2) is 0 Å². The molecule has 3 N–H and O–H groups in total. The summed E-state index contributed by atoms with van der Waals surface area (Å²) >= 11 is 0. The van der Waals surface area contributed by atoms with Gasteiger partial charge in [-0.15, -0.1) is 0 Å². The Morgan fingerprint density at radius 1 is 1.39 bits per heavy atom. The zero-order chi connectivity index (χ0) is 16.8. The molecule has 6 heteroatoms. The van der Waals surface area contributed by atoms with Crippen molar-refractivity contribution >= 4 is 17.5 Å². The van der Waals surface area contributed by atoms with Crippen LogP contribution in [0.1, 0.15) is 36.2 Å². The van der Waals surface area contributed by atoms with Crippen molar-refractivity contribution in [1.29, 1.82) is 0 Å². The first-order valence-electron chi connectivity index (χ1n) is 7.98. The second-order valence-electron chi connectivity index (χ2n) is 6.14. The summed E-state index contributed by atoms with van der Waals surface area (Å²) in [5.41, 5.74) is 2.09. The van der Waals surface area contributed by atoms with Crippen molar-refractivity contribution in [1.82, 2.24) is 10.6 Å². The highest BCUT2D eigenvalue weighted by Gasteiger charge is 2.17. The minimum absolute atomic E-state index is 0.0397. The van der Waals surface area contributed by atoms with Gasteiger partial charge in [-0.05, 0) is 38.5 Å². The van der Waals surface area contributed by atoms with Crippen molar-refractivity contribution in [3.8, 4) is 0 Å². The average Bonchev–Trinajstić information content (AvgIpc) is 2.49. The number of aryl methyl sites for hydroxylation is 1. The second kappa shape index (κ2) is 8.08.